The van der Waals surface area contributed by atoms with Crippen molar-refractivity contribution < 1.29 is 9.90 Å². The normalized spacial score (nSPS) is 20.1. The number of phenols is 1. The zero-order valence-electron chi connectivity index (χ0n) is 15.2. The van der Waals surface area contributed by atoms with Gasteiger partial charge in [0.05, 0.1) is 5.71 Å². The number of carbonyl (C=O) groups excluding carboxylic acids is 1. The second-order valence-corrected chi connectivity index (χ2v) is 6.88. The maximum Gasteiger partial charge on any atom is 0.246 e. The number of anilines is 1. The van der Waals surface area contributed by atoms with Gasteiger partial charge >= 0.3 is 0 Å². The molecule has 0 aromatic heterocycles. The van der Waals surface area contributed by atoms with Crippen molar-refractivity contribution in [3.05, 3.63) is 95.6 Å². The van der Waals surface area contributed by atoms with Crippen LogP contribution in [0.4, 0.5) is 5.69 Å². The van der Waals surface area contributed by atoms with Gasteiger partial charge in [-0.3, -0.25) is 9.79 Å². The minimum atomic E-state index is -0.564. The number of nitrogens with zero attached hydrogens (tertiary/aromatic N) is 1. The Hall–Kier alpha value is -3.60. The Kier molecular flexibility index (Phi) is 4.81. The summed E-state index contributed by atoms with van der Waals surface area (Å²) in [5.41, 5.74) is 9.82. The van der Waals surface area contributed by atoms with Crippen molar-refractivity contribution in [1.29, 1.82) is 0 Å². The maximum atomic E-state index is 12.9. The molecule has 0 saturated heterocycles. The van der Waals surface area contributed by atoms with Gasteiger partial charge in [0, 0.05) is 23.7 Å². The molecule has 4 rings (SSSR count). The molecule has 2 bridgehead atoms. The minimum Gasteiger partial charge on any atom is -0.508 e. The molecule has 5 nitrogen and oxygen atoms in total. The first-order chi connectivity index (χ1) is 13.6. The molecule has 1 aliphatic carbocycles. The third kappa shape index (κ3) is 3.74. The smallest absolute Gasteiger partial charge is 0.246 e. The Morgan fingerprint density at radius 1 is 1.14 bits per heavy atom. The number of fused-ring (bicyclic) bond motifs is 1. The van der Waals surface area contributed by atoms with Crippen molar-refractivity contribution in [2.24, 2.45) is 10.9 Å². The summed E-state index contributed by atoms with van der Waals surface area (Å²) in [5.74, 6) is -0.0817. The summed E-state index contributed by atoms with van der Waals surface area (Å²) in [6.07, 6.45) is 9.90. The van der Waals surface area contributed by atoms with Crippen molar-refractivity contribution in [3.63, 3.8) is 0 Å². The van der Waals surface area contributed by atoms with Crippen LogP contribution in [-0.4, -0.2) is 22.8 Å². The highest BCUT2D eigenvalue weighted by atomic mass is 16.3. The largest absolute Gasteiger partial charge is 0.508 e. The summed E-state index contributed by atoms with van der Waals surface area (Å²) in [6.45, 7) is 0.415. The number of amides is 1. The molecule has 2 aromatic rings. The Labute approximate surface area is 163 Å². The molecule has 1 heterocycles. The predicted octanol–water partition coefficient (Wildman–Crippen LogP) is 3.13. The van der Waals surface area contributed by atoms with Crippen molar-refractivity contribution in [1.82, 2.24) is 5.32 Å². The van der Waals surface area contributed by atoms with E-state index in [9.17, 15) is 9.90 Å². The first kappa shape index (κ1) is 17.8. The molecule has 140 valence electrons. The molecular weight excluding hydrogens is 350 g/mol. The average Bonchev–Trinajstić information content (AvgIpc) is 2.90. The Bertz CT molecular complexity index is 1020. The number of phenolic OH excluding ortho intramolecular Hbond substituents is 1. The van der Waals surface area contributed by atoms with Crippen LogP contribution in [0, 0.1) is 5.92 Å². The Morgan fingerprint density at radius 2 is 1.96 bits per heavy atom. The van der Waals surface area contributed by atoms with Gasteiger partial charge in [-0.1, -0.05) is 54.6 Å². The predicted molar refractivity (Wildman–Crippen MR) is 111 cm³/mol. The van der Waals surface area contributed by atoms with Gasteiger partial charge in [0.1, 0.15) is 11.8 Å². The summed E-state index contributed by atoms with van der Waals surface area (Å²) in [6, 6.07) is 13.8. The molecule has 2 unspecified atom stereocenters. The zero-order chi connectivity index (χ0) is 19.5. The standard InChI is InChI=1S/C23H21N3O2/c24-19-10-8-15(9-11-19)14-25-23(28)22-17-5-2-1-4-16(12-17)21(26-22)18-6-3-7-20(27)13-18/h1-13,17,22,27H,14,24H2,(H,25,28). The molecule has 1 aliphatic heterocycles. The van der Waals surface area contributed by atoms with E-state index in [0.717, 1.165) is 16.7 Å². The fourth-order valence-corrected chi connectivity index (χ4v) is 3.38. The van der Waals surface area contributed by atoms with Crippen LogP contribution in [0.3, 0.4) is 0 Å². The number of carbonyl (C=O) groups is 1. The number of nitrogens with two attached hydrogens (primary N) is 1. The second kappa shape index (κ2) is 7.56. The number of dihydropyridines is 1. The molecule has 0 spiro atoms. The molecule has 0 fully saturated rings. The molecule has 2 atom stereocenters. The highest BCUT2D eigenvalue weighted by Gasteiger charge is 2.30. The number of aromatic hydroxyl groups is 1. The lowest BCUT2D eigenvalue weighted by Gasteiger charge is -2.25. The molecule has 4 N–H and O–H groups in total. The number of rotatable bonds is 4. The van der Waals surface area contributed by atoms with Gasteiger partial charge in [-0.15, -0.1) is 0 Å². The summed E-state index contributed by atoms with van der Waals surface area (Å²) in [7, 11) is 0. The van der Waals surface area contributed by atoms with E-state index in [-0.39, 0.29) is 17.6 Å². The molecular formula is C23H21N3O2. The van der Waals surface area contributed by atoms with Gasteiger partial charge in [0.2, 0.25) is 5.91 Å². The van der Waals surface area contributed by atoms with Crippen LogP contribution in [0.5, 0.6) is 5.75 Å². The van der Waals surface area contributed by atoms with Crippen molar-refractivity contribution in [3.8, 4) is 5.75 Å². The number of nitrogens with one attached hydrogen (secondary N) is 1. The minimum absolute atomic E-state index is 0.113. The molecule has 2 aromatic carbocycles. The van der Waals surface area contributed by atoms with E-state index < -0.39 is 6.04 Å². The van der Waals surface area contributed by atoms with Crippen molar-refractivity contribution >= 4 is 17.3 Å². The Balaban J connectivity index is 1.59. The third-order valence-electron chi connectivity index (χ3n) is 4.83. The van der Waals surface area contributed by atoms with Crippen LogP contribution < -0.4 is 11.1 Å². The van der Waals surface area contributed by atoms with Gasteiger partial charge in [-0.2, -0.15) is 0 Å². The van der Waals surface area contributed by atoms with Crippen LogP contribution in [0.2, 0.25) is 0 Å². The van der Waals surface area contributed by atoms with E-state index in [1.807, 2.05) is 54.6 Å². The van der Waals surface area contributed by atoms with Gasteiger partial charge < -0.3 is 16.2 Å². The highest BCUT2D eigenvalue weighted by molar-refractivity contribution is 6.16. The lowest BCUT2D eigenvalue weighted by atomic mass is 9.89. The van der Waals surface area contributed by atoms with E-state index in [0.29, 0.717) is 17.9 Å². The third-order valence-corrected chi connectivity index (χ3v) is 4.83. The lowest BCUT2D eigenvalue weighted by Crippen LogP contribution is -2.39. The van der Waals surface area contributed by atoms with Gasteiger partial charge in [-0.25, -0.2) is 0 Å². The monoisotopic (exact) mass is 371 g/mol. The first-order valence-corrected chi connectivity index (χ1v) is 9.16. The molecule has 2 aliphatic rings. The maximum absolute atomic E-state index is 12.9. The number of benzene rings is 2. The second-order valence-electron chi connectivity index (χ2n) is 6.88. The van der Waals surface area contributed by atoms with E-state index in [1.54, 1.807) is 18.2 Å². The van der Waals surface area contributed by atoms with Crippen molar-refractivity contribution in [2.75, 3.05) is 5.73 Å². The number of allylic oxidation sites excluding steroid dienone is 4. The fraction of sp³-hybridized carbons (Fsp3) is 0.130. The van der Waals surface area contributed by atoms with E-state index in [2.05, 4.69) is 11.4 Å². The number of aliphatic imine (C=N–C) groups is 1. The molecule has 5 heteroatoms. The van der Waals surface area contributed by atoms with E-state index >= 15 is 0 Å². The molecule has 0 radical (unpaired) electrons. The van der Waals surface area contributed by atoms with Crippen molar-refractivity contribution in [2.45, 2.75) is 12.6 Å². The van der Waals surface area contributed by atoms with Crippen LogP contribution in [-0.2, 0) is 11.3 Å². The van der Waals surface area contributed by atoms with Gasteiger partial charge in [-0.05, 0) is 35.4 Å². The number of hydrogen-bond donors (Lipinski definition) is 3. The van der Waals surface area contributed by atoms with Crippen LogP contribution in [0.25, 0.3) is 0 Å². The number of nitrogen functional groups attached to an aromatic ring is 1. The number of hydrogen-bond acceptors (Lipinski definition) is 4. The van der Waals surface area contributed by atoms with E-state index in [4.69, 9.17) is 10.7 Å². The highest BCUT2D eigenvalue weighted by Crippen LogP contribution is 2.28. The van der Waals surface area contributed by atoms with Crippen LogP contribution >= 0.6 is 0 Å². The van der Waals surface area contributed by atoms with Gasteiger partial charge in [0.15, 0.2) is 0 Å². The summed E-state index contributed by atoms with van der Waals surface area (Å²) in [5, 5.41) is 12.8. The topological polar surface area (TPSA) is 87.7 Å². The molecule has 28 heavy (non-hydrogen) atoms. The quantitative estimate of drug-likeness (QED) is 0.722. The van der Waals surface area contributed by atoms with Gasteiger partial charge in [0.25, 0.3) is 0 Å². The first-order valence-electron chi connectivity index (χ1n) is 9.16. The summed E-state index contributed by atoms with van der Waals surface area (Å²) < 4.78 is 0. The van der Waals surface area contributed by atoms with E-state index in [1.165, 1.54) is 0 Å². The Morgan fingerprint density at radius 3 is 2.75 bits per heavy atom. The lowest BCUT2D eigenvalue weighted by molar-refractivity contribution is -0.122. The van der Waals surface area contributed by atoms with Crippen LogP contribution in [0.15, 0.2) is 89.5 Å². The SMILES string of the molecule is Nc1ccc(CNC(=O)C2N=C(c3cccc(O)c3)C3=CC2C=CC=C3)cc1. The summed E-state index contributed by atoms with van der Waals surface area (Å²) in [4.78, 5) is 17.7. The summed E-state index contributed by atoms with van der Waals surface area (Å²) >= 11 is 0. The average molecular weight is 371 g/mol. The zero-order valence-corrected chi connectivity index (χ0v) is 15.2. The fourth-order valence-electron chi connectivity index (χ4n) is 3.38. The molecule has 0 saturated carbocycles. The molecule has 1 amide bonds. The van der Waals surface area contributed by atoms with Crippen LogP contribution in [0.1, 0.15) is 11.1 Å².